The lowest BCUT2D eigenvalue weighted by molar-refractivity contribution is -0.185. The SMILES string of the molecule is CC(N)c1nc(CN2CCC(C(F)(F)F)CC2)cs1. The fourth-order valence-electron chi connectivity index (χ4n) is 2.25. The Hall–Kier alpha value is -0.660. The maximum atomic E-state index is 12.5. The standard InChI is InChI=1S/C12H18F3N3S/c1-8(16)11-17-10(7-19-11)6-18-4-2-9(3-5-18)12(13,14)15/h7-9H,2-6,16H2,1H3. The van der Waals surface area contributed by atoms with Crippen molar-refractivity contribution in [1.29, 1.82) is 0 Å². The number of likely N-dealkylation sites (tertiary alicyclic amines) is 1. The van der Waals surface area contributed by atoms with Crippen LogP contribution in [-0.4, -0.2) is 29.1 Å². The van der Waals surface area contributed by atoms with Crippen LogP contribution in [-0.2, 0) is 6.54 Å². The predicted molar refractivity (Wildman–Crippen MR) is 68.8 cm³/mol. The van der Waals surface area contributed by atoms with Gasteiger partial charge < -0.3 is 5.73 Å². The van der Waals surface area contributed by atoms with E-state index in [-0.39, 0.29) is 18.9 Å². The third-order valence-corrected chi connectivity index (χ3v) is 4.49. The lowest BCUT2D eigenvalue weighted by Gasteiger charge is -2.32. The zero-order valence-corrected chi connectivity index (χ0v) is 11.6. The van der Waals surface area contributed by atoms with Crippen molar-refractivity contribution < 1.29 is 13.2 Å². The number of alkyl halides is 3. The molecule has 1 aliphatic rings. The second-order valence-corrected chi connectivity index (χ2v) is 5.95. The molecule has 1 atom stereocenters. The molecule has 0 saturated carbocycles. The van der Waals surface area contributed by atoms with E-state index >= 15 is 0 Å². The minimum atomic E-state index is -4.05. The molecular weight excluding hydrogens is 275 g/mol. The summed E-state index contributed by atoms with van der Waals surface area (Å²) < 4.78 is 37.6. The first-order valence-corrected chi connectivity index (χ1v) is 7.23. The third-order valence-electron chi connectivity index (χ3n) is 3.40. The van der Waals surface area contributed by atoms with E-state index in [1.165, 1.54) is 11.3 Å². The van der Waals surface area contributed by atoms with Crippen molar-refractivity contribution in [1.82, 2.24) is 9.88 Å². The van der Waals surface area contributed by atoms with E-state index in [1.54, 1.807) is 0 Å². The van der Waals surface area contributed by atoms with Crippen LogP contribution in [0.4, 0.5) is 13.2 Å². The Morgan fingerprint density at radius 3 is 2.58 bits per heavy atom. The molecule has 0 radical (unpaired) electrons. The van der Waals surface area contributed by atoms with Crippen LogP contribution >= 0.6 is 11.3 Å². The van der Waals surface area contributed by atoms with Gasteiger partial charge in [-0.05, 0) is 32.9 Å². The fraction of sp³-hybridized carbons (Fsp3) is 0.750. The molecule has 7 heteroatoms. The monoisotopic (exact) mass is 293 g/mol. The van der Waals surface area contributed by atoms with E-state index in [9.17, 15) is 13.2 Å². The molecule has 3 nitrogen and oxygen atoms in total. The first-order chi connectivity index (χ1) is 8.86. The second-order valence-electron chi connectivity index (χ2n) is 5.06. The quantitative estimate of drug-likeness (QED) is 0.931. The van der Waals surface area contributed by atoms with Crippen LogP contribution in [0.25, 0.3) is 0 Å². The van der Waals surface area contributed by atoms with Crippen molar-refractivity contribution in [2.75, 3.05) is 13.1 Å². The molecule has 2 N–H and O–H groups in total. The molecule has 2 heterocycles. The highest BCUT2D eigenvalue weighted by atomic mass is 32.1. The number of nitrogens with two attached hydrogens (primary N) is 1. The van der Waals surface area contributed by atoms with Crippen molar-refractivity contribution >= 4 is 11.3 Å². The highest BCUT2D eigenvalue weighted by molar-refractivity contribution is 7.09. The van der Waals surface area contributed by atoms with Crippen molar-refractivity contribution in [3.63, 3.8) is 0 Å². The lowest BCUT2D eigenvalue weighted by atomic mass is 9.96. The van der Waals surface area contributed by atoms with E-state index in [4.69, 9.17) is 5.73 Å². The molecule has 1 aliphatic heterocycles. The van der Waals surface area contributed by atoms with Gasteiger partial charge in [0.25, 0.3) is 0 Å². The Kier molecular flexibility index (Phi) is 4.47. The number of halogens is 3. The Morgan fingerprint density at radius 1 is 1.47 bits per heavy atom. The van der Waals surface area contributed by atoms with E-state index in [0.717, 1.165) is 10.7 Å². The molecule has 0 spiro atoms. The summed E-state index contributed by atoms with van der Waals surface area (Å²) in [4.78, 5) is 6.43. The molecule has 108 valence electrons. The van der Waals surface area contributed by atoms with Crippen LogP contribution < -0.4 is 5.73 Å². The van der Waals surface area contributed by atoms with Crippen molar-refractivity contribution in [2.45, 2.75) is 38.5 Å². The molecule has 0 amide bonds. The third kappa shape index (κ3) is 3.90. The van der Waals surface area contributed by atoms with E-state index in [1.807, 2.05) is 17.2 Å². The second kappa shape index (κ2) is 5.76. The molecule has 0 aromatic carbocycles. The minimum Gasteiger partial charge on any atom is -0.322 e. The van der Waals surface area contributed by atoms with Crippen molar-refractivity contribution in [2.24, 2.45) is 11.7 Å². The van der Waals surface area contributed by atoms with Gasteiger partial charge in [-0.15, -0.1) is 11.3 Å². The van der Waals surface area contributed by atoms with E-state index in [2.05, 4.69) is 4.98 Å². The minimum absolute atomic E-state index is 0.0882. The Morgan fingerprint density at radius 2 is 2.11 bits per heavy atom. The molecule has 1 saturated heterocycles. The van der Waals surface area contributed by atoms with Crippen LogP contribution in [0.1, 0.15) is 36.5 Å². The summed E-state index contributed by atoms with van der Waals surface area (Å²) in [6.07, 6.45) is -3.67. The van der Waals surface area contributed by atoms with Gasteiger partial charge in [-0.25, -0.2) is 4.98 Å². The van der Waals surface area contributed by atoms with Gasteiger partial charge in [-0.2, -0.15) is 13.2 Å². The normalized spacial score (nSPS) is 20.7. The summed E-state index contributed by atoms with van der Waals surface area (Å²) in [5, 5.41) is 2.81. The molecule has 2 rings (SSSR count). The largest absolute Gasteiger partial charge is 0.391 e. The van der Waals surface area contributed by atoms with Gasteiger partial charge in [0, 0.05) is 11.9 Å². The number of piperidine rings is 1. The summed E-state index contributed by atoms with van der Waals surface area (Å²) >= 11 is 1.51. The van der Waals surface area contributed by atoms with Gasteiger partial charge >= 0.3 is 6.18 Å². The Bertz CT molecular complexity index is 409. The first kappa shape index (κ1) is 14.7. The summed E-state index contributed by atoms with van der Waals surface area (Å²) in [6.45, 7) is 3.45. The van der Waals surface area contributed by atoms with Crippen LogP contribution in [0.3, 0.4) is 0 Å². The molecule has 1 aromatic rings. The van der Waals surface area contributed by atoms with Gasteiger partial charge in [-0.1, -0.05) is 0 Å². The van der Waals surface area contributed by atoms with Crippen LogP contribution in [0, 0.1) is 5.92 Å². The Labute approximate surface area is 114 Å². The van der Waals surface area contributed by atoms with Crippen LogP contribution in [0.5, 0.6) is 0 Å². The van der Waals surface area contributed by atoms with Crippen LogP contribution in [0.2, 0.25) is 0 Å². The average molecular weight is 293 g/mol. The smallest absolute Gasteiger partial charge is 0.322 e. The fourth-order valence-corrected chi connectivity index (χ4v) is 3.02. The molecule has 1 aromatic heterocycles. The summed E-state index contributed by atoms with van der Waals surface area (Å²) in [5.41, 5.74) is 6.64. The van der Waals surface area contributed by atoms with Gasteiger partial charge in [-0.3, -0.25) is 4.90 Å². The molecule has 1 fully saturated rings. The topological polar surface area (TPSA) is 42.1 Å². The molecule has 0 aliphatic carbocycles. The van der Waals surface area contributed by atoms with Crippen molar-refractivity contribution in [3.8, 4) is 0 Å². The maximum Gasteiger partial charge on any atom is 0.391 e. The summed E-state index contributed by atoms with van der Waals surface area (Å²) in [5.74, 6) is -1.14. The van der Waals surface area contributed by atoms with Crippen LogP contribution in [0.15, 0.2) is 5.38 Å². The van der Waals surface area contributed by atoms with Gasteiger partial charge in [0.15, 0.2) is 0 Å². The number of hydrogen-bond donors (Lipinski definition) is 1. The first-order valence-electron chi connectivity index (χ1n) is 6.35. The molecule has 0 bridgehead atoms. The van der Waals surface area contributed by atoms with E-state index < -0.39 is 12.1 Å². The molecule has 1 unspecified atom stereocenters. The van der Waals surface area contributed by atoms with Gasteiger partial charge in [0.05, 0.1) is 17.7 Å². The highest BCUT2D eigenvalue weighted by Crippen LogP contribution is 2.34. The summed E-state index contributed by atoms with van der Waals surface area (Å²) in [7, 11) is 0. The number of thiazole rings is 1. The van der Waals surface area contributed by atoms with Crippen molar-refractivity contribution in [3.05, 3.63) is 16.1 Å². The molecular formula is C12H18F3N3S. The van der Waals surface area contributed by atoms with Gasteiger partial charge in [0.2, 0.25) is 0 Å². The van der Waals surface area contributed by atoms with E-state index in [0.29, 0.717) is 19.6 Å². The highest BCUT2D eigenvalue weighted by Gasteiger charge is 2.40. The summed E-state index contributed by atoms with van der Waals surface area (Å²) in [6, 6.07) is -0.0882. The zero-order valence-electron chi connectivity index (χ0n) is 10.8. The number of aromatic nitrogens is 1. The maximum absolute atomic E-state index is 12.5. The number of nitrogens with zero attached hydrogens (tertiary/aromatic N) is 2. The zero-order chi connectivity index (χ0) is 14.0. The Balaban J connectivity index is 1.85. The predicted octanol–water partition coefficient (Wildman–Crippen LogP) is 2.94. The lowest BCUT2D eigenvalue weighted by Crippen LogP contribution is -2.38. The molecule has 19 heavy (non-hydrogen) atoms. The number of rotatable bonds is 3. The number of hydrogen-bond acceptors (Lipinski definition) is 4. The average Bonchev–Trinajstić information content (AvgIpc) is 2.77. The van der Waals surface area contributed by atoms with Gasteiger partial charge in [0.1, 0.15) is 5.01 Å².